The largest absolute Gasteiger partial charge is 0.480 e. The van der Waals surface area contributed by atoms with Gasteiger partial charge in [-0.1, -0.05) is 19.8 Å². The highest BCUT2D eigenvalue weighted by Crippen LogP contribution is 2.15. The third-order valence-corrected chi connectivity index (χ3v) is 3.64. The minimum Gasteiger partial charge on any atom is -0.480 e. The molecule has 0 bridgehead atoms. The van der Waals surface area contributed by atoms with E-state index in [2.05, 4.69) is 11.8 Å². The summed E-state index contributed by atoms with van der Waals surface area (Å²) in [7, 11) is 1.92. The molecule has 100 valence electrons. The second-order valence-corrected chi connectivity index (χ2v) is 5.09. The van der Waals surface area contributed by atoms with Gasteiger partial charge >= 0.3 is 5.97 Å². The summed E-state index contributed by atoms with van der Waals surface area (Å²) in [6.45, 7) is 5.85. The maximum atomic E-state index is 10.6. The summed E-state index contributed by atoms with van der Waals surface area (Å²) < 4.78 is 0. The summed E-state index contributed by atoms with van der Waals surface area (Å²) in [5.41, 5.74) is 0. The fourth-order valence-corrected chi connectivity index (χ4v) is 2.51. The number of likely N-dealkylation sites (tertiary alicyclic amines) is 1. The summed E-state index contributed by atoms with van der Waals surface area (Å²) in [4.78, 5) is 15.1. The predicted octanol–water partition coefficient (Wildman–Crippen LogP) is 1.66. The molecule has 0 aromatic carbocycles. The first kappa shape index (κ1) is 14.5. The maximum absolute atomic E-state index is 10.6. The van der Waals surface area contributed by atoms with Crippen molar-refractivity contribution in [3.63, 3.8) is 0 Å². The number of hydrogen-bond donors (Lipinski definition) is 1. The van der Waals surface area contributed by atoms with Crippen molar-refractivity contribution in [3.05, 3.63) is 0 Å². The van der Waals surface area contributed by atoms with Crippen LogP contribution in [-0.4, -0.2) is 60.1 Å². The molecule has 0 spiro atoms. The summed E-state index contributed by atoms with van der Waals surface area (Å²) in [6.07, 6.45) is 6.11. The van der Waals surface area contributed by atoms with Crippen LogP contribution in [0.2, 0.25) is 0 Å². The number of aliphatic carboxylic acids is 1. The Kier molecular flexibility index (Phi) is 6.52. The molecular formula is C13H26N2O2. The van der Waals surface area contributed by atoms with E-state index >= 15 is 0 Å². The van der Waals surface area contributed by atoms with E-state index in [0.29, 0.717) is 6.04 Å². The first-order valence-corrected chi connectivity index (χ1v) is 6.78. The van der Waals surface area contributed by atoms with Crippen LogP contribution < -0.4 is 0 Å². The van der Waals surface area contributed by atoms with Crippen LogP contribution in [0.3, 0.4) is 0 Å². The zero-order chi connectivity index (χ0) is 12.7. The molecule has 17 heavy (non-hydrogen) atoms. The third kappa shape index (κ3) is 5.50. The topological polar surface area (TPSA) is 43.8 Å². The molecule has 0 radical (unpaired) electrons. The molecule has 1 aliphatic rings. The molecule has 0 aromatic rings. The van der Waals surface area contributed by atoms with E-state index in [4.69, 9.17) is 5.11 Å². The van der Waals surface area contributed by atoms with Crippen molar-refractivity contribution in [2.75, 3.05) is 33.2 Å². The summed E-state index contributed by atoms with van der Waals surface area (Å²) in [5, 5.41) is 8.76. The fraction of sp³-hybridized carbons (Fsp3) is 0.923. The fourth-order valence-electron chi connectivity index (χ4n) is 2.51. The molecule has 0 aromatic heterocycles. The summed E-state index contributed by atoms with van der Waals surface area (Å²) >= 11 is 0. The quantitative estimate of drug-likeness (QED) is 0.690. The van der Waals surface area contributed by atoms with Crippen LogP contribution in [0, 0.1) is 0 Å². The van der Waals surface area contributed by atoms with Crippen molar-refractivity contribution in [1.29, 1.82) is 0 Å². The monoisotopic (exact) mass is 242 g/mol. The number of unbranched alkanes of at least 4 members (excludes halogenated alkanes) is 2. The van der Waals surface area contributed by atoms with Crippen molar-refractivity contribution in [2.45, 2.75) is 45.1 Å². The lowest BCUT2D eigenvalue weighted by Gasteiger charge is -2.36. The van der Waals surface area contributed by atoms with Crippen LogP contribution >= 0.6 is 0 Å². The van der Waals surface area contributed by atoms with Crippen LogP contribution in [0.4, 0.5) is 0 Å². The highest BCUT2D eigenvalue weighted by molar-refractivity contribution is 5.69. The number of likely N-dealkylation sites (N-methyl/N-ethyl adjacent to an activating group) is 1. The zero-order valence-electron chi connectivity index (χ0n) is 11.2. The molecular weight excluding hydrogens is 216 g/mol. The van der Waals surface area contributed by atoms with Gasteiger partial charge in [-0.15, -0.1) is 0 Å². The van der Waals surface area contributed by atoms with Crippen LogP contribution in [0.1, 0.15) is 39.0 Å². The van der Waals surface area contributed by atoms with E-state index in [0.717, 1.165) is 25.9 Å². The predicted molar refractivity (Wildman–Crippen MR) is 69.3 cm³/mol. The van der Waals surface area contributed by atoms with Crippen LogP contribution in [0.5, 0.6) is 0 Å². The van der Waals surface area contributed by atoms with Crippen molar-refractivity contribution < 1.29 is 9.90 Å². The molecule has 4 nitrogen and oxygen atoms in total. The van der Waals surface area contributed by atoms with E-state index in [1.54, 1.807) is 0 Å². The molecule has 0 amide bonds. The lowest BCUT2D eigenvalue weighted by molar-refractivity contribution is -0.138. The number of carbonyl (C=O) groups is 1. The molecule has 1 fully saturated rings. The Morgan fingerprint density at radius 2 is 2.00 bits per heavy atom. The van der Waals surface area contributed by atoms with Crippen LogP contribution in [0.15, 0.2) is 0 Å². The Bertz CT molecular complexity index is 225. The number of carboxylic acids is 1. The second kappa shape index (κ2) is 7.67. The normalized spacial score (nSPS) is 18.8. The Labute approximate surface area is 105 Å². The van der Waals surface area contributed by atoms with E-state index < -0.39 is 5.97 Å². The van der Waals surface area contributed by atoms with Gasteiger partial charge in [0.2, 0.25) is 0 Å². The standard InChI is InChI=1S/C13H26N2O2/c1-3-4-5-8-15-9-6-12(7-10-15)14(2)11-13(16)17/h12H,3-11H2,1-2H3,(H,16,17). The lowest BCUT2D eigenvalue weighted by atomic mass is 10.0. The lowest BCUT2D eigenvalue weighted by Crippen LogP contribution is -2.45. The van der Waals surface area contributed by atoms with Gasteiger partial charge in [0, 0.05) is 6.04 Å². The van der Waals surface area contributed by atoms with Gasteiger partial charge in [-0.05, 0) is 45.9 Å². The van der Waals surface area contributed by atoms with Gasteiger partial charge in [-0.2, -0.15) is 0 Å². The molecule has 0 atom stereocenters. The van der Waals surface area contributed by atoms with E-state index in [1.807, 2.05) is 11.9 Å². The van der Waals surface area contributed by atoms with Gasteiger partial charge in [-0.25, -0.2) is 0 Å². The Morgan fingerprint density at radius 1 is 1.35 bits per heavy atom. The van der Waals surface area contributed by atoms with E-state index in [-0.39, 0.29) is 6.54 Å². The summed E-state index contributed by atoms with van der Waals surface area (Å²) in [6, 6.07) is 0.452. The van der Waals surface area contributed by atoms with Crippen LogP contribution in [0.25, 0.3) is 0 Å². The molecule has 1 saturated heterocycles. The zero-order valence-corrected chi connectivity index (χ0v) is 11.2. The molecule has 0 unspecified atom stereocenters. The van der Waals surface area contributed by atoms with Crippen molar-refractivity contribution in [3.8, 4) is 0 Å². The Hall–Kier alpha value is -0.610. The van der Waals surface area contributed by atoms with Gasteiger partial charge in [0.25, 0.3) is 0 Å². The first-order valence-electron chi connectivity index (χ1n) is 6.78. The van der Waals surface area contributed by atoms with Crippen LogP contribution in [-0.2, 0) is 4.79 Å². The van der Waals surface area contributed by atoms with Gasteiger partial charge in [-0.3, -0.25) is 9.69 Å². The number of nitrogens with zero attached hydrogens (tertiary/aromatic N) is 2. The van der Waals surface area contributed by atoms with Crippen molar-refractivity contribution in [1.82, 2.24) is 9.80 Å². The van der Waals surface area contributed by atoms with Crippen molar-refractivity contribution >= 4 is 5.97 Å². The number of hydrogen-bond acceptors (Lipinski definition) is 3. The SMILES string of the molecule is CCCCCN1CCC(N(C)CC(=O)O)CC1. The number of piperidine rings is 1. The van der Waals surface area contributed by atoms with E-state index in [1.165, 1.54) is 25.8 Å². The van der Waals surface area contributed by atoms with Gasteiger partial charge in [0.15, 0.2) is 0 Å². The van der Waals surface area contributed by atoms with Gasteiger partial charge in [0.05, 0.1) is 6.54 Å². The minimum atomic E-state index is -0.724. The van der Waals surface area contributed by atoms with Gasteiger partial charge in [0.1, 0.15) is 0 Å². The highest BCUT2D eigenvalue weighted by Gasteiger charge is 2.22. The van der Waals surface area contributed by atoms with E-state index in [9.17, 15) is 4.79 Å². The maximum Gasteiger partial charge on any atom is 0.317 e. The number of rotatable bonds is 7. The first-order chi connectivity index (χ1) is 8.13. The molecule has 1 aliphatic heterocycles. The average molecular weight is 242 g/mol. The molecule has 0 aliphatic carbocycles. The minimum absolute atomic E-state index is 0.167. The molecule has 1 rings (SSSR count). The number of carboxylic acid groups (broad SMARTS) is 1. The molecule has 0 saturated carbocycles. The molecule has 1 heterocycles. The van der Waals surface area contributed by atoms with Crippen molar-refractivity contribution in [2.24, 2.45) is 0 Å². The Balaban J connectivity index is 2.18. The third-order valence-electron chi connectivity index (χ3n) is 3.64. The summed E-state index contributed by atoms with van der Waals surface area (Å²) in [5.74, 6) is -0.724. The molecule has 1 N–H and O–H groups in total. The van der Waals surface area contributed by atoms with Gasteiger partial charge < -0.3 is 10.0 Å². The Morgan fingerprint density at radius 3 is 2.53 bits per heavy atom. The highest BCUT2D eigenvalue weighted by atomic mass is 16.4. The average Bonchev–Trinajstić information content (AvgIpc) is 2.29. The smallest absolute Gasteiger partial charge is 0.317 e. The molecule has 4 heteroatoms. The second-order valence-electron chi connectivity index (χ2n) is 5.09.